The van der Waals surface area contributed by atoms with Crippen LogP contribution in [0.2, 0.25) is 0 Å². The van der Waals surface area contributed by atoms with Crippen molar-refractivity contribution in [2.24, 2.45) is 0 Å². The zero-order valence-corrected chi connectivity index (χ0v) is 19.8. The number of amides is 1. The van der Waals surface area contributed by atoms with Crippen molar-refractivity contribution in [2.75, 3.05) is 7.11 Å². The van der Waals surface area contributed by atoms with E-state index in [0.29, 0.717) is 22.4 Å². The summed E-state index contributed by atoms with van der Waals surface area (Å²) in [6.45, 7) is 8.78. The van der Waals surface area contributed by atoms with E-state index in [9.17, 15) is 9.18 Å². The summed E-state index contributed by atoms with van der Waals surface area (Å²) in [5.41, 5.74) is 3.54. The Labute approximate surface area is 193 Å². The maximum Gasteiger partial charge on any atom is 0.407 e. The van der Waals surface area contributed by atoms with E-state index in [1.165, 1.54) is 13.2 Å². The molecule has 174 valence electrons. The van der Waals surface area contributed by atoms with Crippen LogP contribution in [0.4, 0.5) is 13.6 Å². The SMILES string of the molecule is COc1cc(-c2cccc(-c3cccc(C)c3F)c2C)cc(F)c1CNC(=O)OC(C)(C)C. The number of carbonyl (C=O) groups excluding carboxylic acids is 1. The molecule has 0 unspecified atom stereocenters. The van der Waals surface area contributed by atoms with Crippen LogP contribution in [0.3, 0.4) is 0 Å². The Morgan fingerprint density at radius 1 is 0.970 bits per heavy atom. The molecule has 0 bridgehead atoms. The van der Waals surface area contributed by atoms with Crippen molar-refractivity contribution in [1.82, 2.24) is 5.32 Å². The van der Waals surface area contributed by atoms with Gasteiger partial charge in [-0.15, -0.1) is 0 Å². The molecule has 6 heteroatoms. The van der Waals surface area contributed by atoms with Gasteiger partial charge in [-0.25, -0.2) is 13.6 Å². The maximum absolute atomic E-state index is 15.1. The molecule has 0 aliphatic rings. The molecule has 1 N–H and O–H groups in total. The van der Waals surface area contributed by atoms with Crippen molar-refractivity contribution >= 4 is 6.09 Å². The summed E-state index contributed by atoms with van der Waals surface area (Å²) in [5, 5.41) is 2.56. The van der Waals surface area contributed by atoms with Crippen LogP contribution in [0.15, 0.2) is 48.5 Å². The lowest BCUT2D eigenvalue weighted by molar-refractivity contribution is 0.0523. The molecule has 3 aromatic carbocycles. The van der Waals surface area contributed by atoms with Gasteiger partial charge in [0.2, 0.25) is 0 Å². The Bertz CT molecular complexity index is 1180. The molecule has 0 spiro atoms. The summed E-state index contributed by atoms with van der Waals surface area (Å²) in [4.78, 5) is 12.0. The molecule has 0 aliphatic heterocycles. The number of hydrogen-bond acceptors (Lipinski definition) is 3. The first-order valence-corrected chi connectivity index (χ1v) is 10.7. The van der Waals surface area contributed by atoms with Crippen molar-refractivity contribution in [1.29, 1.82) is 0 Å². The van der Waals surface area contributed by atoms with E-state index in [0.717, 1.165) is 16.7 Å². The predicted octanol–water partition coefficient (Wildman–Crippen LogP) is 6.95. The zero-order valence-electron chi connectivity index (χ0n) is 19.8. The summed E-state index contributed by atoms with van der Waals surface area (Å²) in [6.07, 6.45) is -0.642. The number of aryl methyl sites for hydroxylation is 1. The number of alkyl carbamates (subject to hydrolysis) is 1. The van der Waals surface area contributed by atoms with Gasteiger partial charge >= 0.3 is 6.09 Å². The van der Waals surface area contributed by atoms with Crippen molar-refractivity contribution < 1.29 is 23.0 Å². The number of benzene rings is 3. The van der Waals surface area contributed by atoms with Crippen LogP contribution < -0.4 is 10.1 Å². The third kappa shape index (κ3) is 5.51. The second-order valence-electron chi connectivity index (χ2n) is 8.91. The molecule has 0 aliphatic carbocycles. The van der Waals surface area contributed by atoms with E-state index < -0.39 is 17.5 Å². The lowest BCUT2D eigenvalue weighted by Crippen LogP contribution is -2.32. The Morgan fingerprint density at radius 2 is 1.61 bits per heavy atom. The number of rotatable bonds is 5. The van der Waals surface area contributed by atoms with Crippen LogP contribution in [0.1, 0.15) is 37.5 Å². The first-order valence-electron chi connectivity index (χ1n) is 10.7. The lowest BCUT2D eigenvalue weighted by Gasteiger charge is -2.20. The number of hydrogen-bond donors (Lipinski definition) is 1. The van der Waals surface area contributed by atoms with Gasteiger partial charge in [-0.2, -0.15) is 0 Å². The second-order valence-corrected chi connectivity index (χ2v) is 8.91. The van der Waals surface area contributed by atoms with Crippen LogP contribution in [-0.4, -0.2) is 18.8 Å². The summed E-state index contributed by atoms with van der Waals surface area (Å²) in [6, 6.07) is 13.9. The smallest absolute Gasteiger partial charge is 0.407 e. The van der Waals surface area contributed by atoms with Gasteiger partial charge in [0.05, 0.1) is 13.7 Å². The van der Waals surface area contributed by atoms with Gasteiger partial charge in [-0.3, -0.25) is 0 Å². The third-order valence-electron chi connectivity index (χ3n) is 5.31. The topological polar surface area (TPSA) is 47.6 Å². The summed E-state index contributed by atoms with van der Waals surface area (Å²) >= 11 is 0. The summed E-state index contributed by atoms with van der Waals surface area (Å²) in [5.74, 6) is -0.496. The first kappa shape index (κ1) is 24.2. The number of carbonyl (C=O) groups is 1. The van der Waals surface area contributed by atoms with E-state index in [2.05, 4.69) is 5.32 Å². The molecular formula is C27H29F2NO3. The molecule has 0 heterocycles. The Morgan fingerprint density at radius 3 is 2.27 bits per heavy atom. The number of nitrogens with one attached hydrogen (secondary N) is 1. The summed E-state index contributed by atoms with van der Waals surface area (Å²) in [7, 11) is 1.45. The standard InChI is InChI=1S/C27H29F2NO3/c1-16-9-7-12-21(25(16)29)20-11-8-10-19(17(20)2)18-13-23(28)22(24(14-18)32-6)15-30-26(31)33-27(3,4)5/h7-14H,15H2,1-6H3,(H,30,31). The van der Waals surface area contributed by atoms with Crippen LogP contribution in [0.25, 0.3) is 22.3 Å². The molecule has 33 heavy (non-hydrogen) atoms. The summed E-state index contributed by atoms with van der Waals surface area (Å²) < 4.78 is 40.5. The van der Waals surface area contributed by atoms with Crippen molar-refractivity contribution in [2.45, 2.75) is 46.8 Å². The van der Waals surface area contributed by atoms with Gasteiger partial charge in [0.25, 0.3) is 0 Å². The molecule has 0 atom stereocenters. The molecule has 1 amide bonds. The molecule has 0 radical (unpaired) electrons. The largest absolute Gasteiger partial charge is 0.496 e. The molecule has 0 saturated heterocycles. The zero-order chi connectivity index (χ0) is 24.3. The monoisotopic (exact) mass is 453 g/mol. The van der Waals surface area contributed by atoms with Gasteiger partial charge in [-0.05, 0) is 74.6 Å². The number of halogens is 2. The van der Waals surface area contributed by atoms with Gasteiger partial charge in [0.1, 0.15) is 23.0 Å². The maximum atomic E-state index is 15.1. The fraction of sp³-hybridized carbons (Fsp3) is 0.296. The van der Waals surface area contributed by atoms with Crippen LogP contribution >= 0.6 is 0 Å². The van der Waals surface area contributed by atoms with Gasteiger partial charge in [-0.1, -0.05) is 36.4 Å². The average Bonchev–Trinajstić information content (AvgIpc) is 2.73. The normalized spacial score (nSPS) is 11.3. The minimum atomic E-state index is -0.657. The highest BCUT2D eigenvalue weighted by Crippen LogP contribution is 2.36. The fourth-order valence-corrected chi connectivity index (χ4v) is 3.69. The number of ether oxygens (including phenoxy) is 2. The van der Waals surface area contributed by atoms with E-state index in [1.807, 2.05) is 31.2 Å². The highest BCUT2D eigenvalue weighted by atomic mass is 19.1. The molecule has 0 fully saturated rings. The molecular weight excluding hydrogens is 424 g/mol. The Kier molecular flexibility index (Phi) is 7.06. The highest BCUT2D eigenvalue weighted by molar-refractivity contribution is 5.79. The predicted molar refractivity (Wildman–Crippen MR) is 126 cm³/mol. The number of methoxy groups -OCH3 is 1. The third-order valence-corrected chi connectivity index (χ3v) is 5.31. The molecule has 3 aromatic rings. The van der Waals surface area contributed by atoms with Crippen molar-refractivity contribution in [3.05, 3.63) is 76.9 Å². The fourth-order valence-electron chi connectivity index (χ4n) is 3.69. The van der Waals surface area contributed by atoms with E-state index >= 15 is 4.39 Å². The molecule has 0 saturated carbocycles. The second kappa shape index (κ2) is 9.61. The van der Waals surface area contributed by atoms with Crippen LogP contribution in [-0.2, 0) is 11.3 Å². The molecule has 4 nitrogen and oxygen atoms in total. The first-order chi connectivity index (χ1) is 15.5. The Hall–Kier alpha value is -3.41. The molecule has 0 aromatic heterocycles. The minimum absolute atomic E-state index is 0.0856. The van der Waals surface area contributed by atoms with Gasteiger partial charge in [0, 0.05) is 11.1 Å². The Balaban J connectivity index is 1.97. The quantitative estimate of drug-likeness (QED) is 0.455. The van der Waals surface area contributed by atoms with E-state index in [1.54, 1.807) is 45.9 Å². The molecule has 3 rings (SSSR count). The van der Waals surface area contributed by atoms with Crippen LogP contribution in [0, 0.1) is 25.5 Å². The van der Waals surface area contributed by atoms with Gasteiger partial charge < -0.3 is 14.8 Å². The average molecular weight is 454 g/mol. The van der Waals surface area contributed by atoms with Crippen molar-refractivity contribution in [3.63, 3.8) is 0 Å². The van der Waals surface area contributed by atoms with E-state index in [4.69, 9.17) is 9.47 Å². The van der Waals surface area contributed by atoms with Gasteiger partial charge in [0.15, 0.2) is 0 Å². The minimum Gasteiger partial charge on any atom is -0.496 e. The van der Waals surface area contributed by atoms with E-state index in [-0.39, 0.29) is 17.9 Å². The van der Waals surface area contributed by atoms with Crippen LogP contribution in [0.5, 0.6) is 5.75 Å². The lowest BCUT2D eigenvalue weighted by atomic mass is 9.91. The van der Waals surface area contributed by atoms with Crippen molar-refractivity contribution in [3.8, 4) is 28.0 Å². The highest BCUT2D eigenvalue weighted by Gasteiger charge is 2.19.